The number of rotatable bonds is 1. The molecule has 0 fully saturated rings. The molecule has 6 heteroatoms. The average molecular weight is 303 g/mol. The van der Waals surface area contributed by atoms with Crippen LogP contribution in [0.4, 0.5) is 0 Å². The summed E-state index contributed by atoms with van der Waals surface area (Å²) in [5.74, 6) is 0.691. The lowest BCUT2D eigenvalue weighted by molar-refractivity contribution is 1.11. The van der Waals surface area contributed by atoms with Gasteiger partial charge in [0.1, 0.15) is 5.69 Å². The molecular formula is C14H8Cl2N4. The highest BCUT2D eigenvalue weighted by Gasteiger charge is 2.12. The Hall–Kier alpha value is -2.04. The maximum Gasteiger partial charge on any atom is 0.159 e. The Morgan fingerprint density at radius 2 is 1.70 bits per heavy atom. The molecule has 4 nitrogen and oxygen atoms in total. The Labute approximate surface area is 123 Å². The van der Waals surface area contributed by atoms with Gasteiger partial charge < -0.3 is 4.98 Å². The number of imidazole rings is 1. The fraction of sp³-hybridized carbons (Fsp3) is 0. The molecule has 4 rings (SSSR count). The number of nitrogens with zero attached hydrogens (tertiary/aromatic N) is 2. The molecule has 0 aliphatic rings. The zero-order valence-corrected chi connectivity index (χ0v) is 11.6. The Morgan fingerprint density at radius 3 is 2.60 bits per heavy atom. The normalized spacial score (nSPS) is 11.5. The predicted molar refractivity (Wildman–Crippen MR) is 81.2 cm³/mol. The van der Waals surface area contributed by atoms with Gasteiger partial charge in [0, 0.05) is 15.4 Å². The topological polar surface area (TPSA) is 57.4 Å². The highest BCUT2D eigenvalue weighted by atomic mass is 35.5. The maximum atomic E-state index is 6.04. The Morgan fingerprint density at radius 1 is 0.900 bits per heavy atom. The third kappa shape index (κ3) is 1.77. The second-order valence-corrected chi connectivity index (χ2v) is 5.38. The van der Waals surface area contributed by atoms with Gasteiger partial charge in [0.05, 0.1) is 16.6 Å². The van der Waals surface area contributed by atoms with Crippen molar-refractivity contribution in [1.29, 1.82) is 0 Å². The quantitative estimate of drug-likeness (QED) is 0.547. The Bertz CT molecular complexity index is 939. The number of fused-ring (bicyclic) bond motifs is 2. The third-order valence-electron chi connectivity index (χ3n) is 3.19. The van der Waals surface area contributed by atoms with Crippen molar-refractivity contribution < 1.29 is 0 Å². The molecule has 0 radical (unpaired) electrons. The van der Waals surface area contributed by atoms with Gasteiger partial charge in [-0.05, 0) is 36.4 Å². The van der Waals surface area contributed by atoms with Crippen LogP contribution in [0.3, 0.4) is 0 Å². The molecule has 0 aliphatic carbocycles. The Kier molecular flexibility index (Phi) is 2.49. The van der Waals surface area contributed by atoms with Gasteiger partial charge in [0.2, 0.25) is 0 Å². The van der Waals surface area contributed by atoms with Crippen LogP contribution in [0.15, 0.2) is 36.4 Å². The van der Waals surface area contributed by atoms with E-state index in [2.05, 4.69) is 20.2 Å². The van der Waals surface area contributed by atoms with Crippen molar-refractivity contribution in [3.63, 3.8) is 0 Å². The van der Waals surface area contributed by atoms with Gasteiger partial charge in [-0.15, -0.1) is 0 Å². The van der Waals surface area contributed by atoms with Crippen molar-refractivity contribution >= 4 is 45.1 Å². The lowest BCUT2D eigenvalue weighted by atomic mass is 10.2. The van der Waals surface area contributed by atoms with E-state index in [1.54, 1.807) is 0 Å². The lowest BCUT2D eigenvalue weighted by Crippen LogP contribution is -1.81. The van der Waals surface area contributed by atoms with Crippen molar-refractivity contribution in [3.05, 3.63) is 46.4 Å². The maximum absolute atomic E-state index is 6.04. The van der Waals surface area contributed by atoms with Crippen LogP contribution in [0.5, 0.6) is 0 Å². The van der Waals surface area contributed by atoms with Crippen molar-refractivity contribution in [2.24, 2.45) is 0 Å². The van der Waals surface area contributed by atoms with Crippen LogP contribution < -0.4 is 0 Å². The Balaban J connectivity index is 1.98. The molecule has 20 heavy (non-hydrogen) atoms. The number of aromatic nitrogens is 4. The van der Waals surface area contributed by atoms with E-state index in [0.717, 1.165) is 27.6 Å². The standard InChI is InChI=1S/C14H8Cl2N4/c15-7-1-3-10-9(5-7)13(20-19-10)14-17-11-4-2-8(16)6-12(11)18-14/h1-6H,(H,17,18)(H,19,20). The fourth-order valence-electron chi connectivity index (χ4n) is 2.26. The van der Waals surface area contributed by atoms with E-state index >= 15 is 0 Å². The number of hydrogen-bond donors (Lipinski definition) is 2. The molecule has 0 aliphatic heterocycles. The van der Waals surface area contributed by atoms with Crippen molar-refractivity contribution in [2.75, 3.05) is 0 Å². The zero-order chi connectivity index (χ0) is 13.7. The highest BCUT2D eigenvalue weighted by Crippen LogP contribution is 2.28. The molecule has 0 spiro atoms. The van der Waals surface area contributed by atoms with Crippen LogP contribution in [0.2, 0.25) is 10.0 Å². The van der Waals surface area contributed by atoms with E-state index < -0.39 is 0 Å². The van der Waals surface area contributed by atoms with Gasteiger partial charge in [0.15, 0.2) is 5.82 Å². The van der Waals surface area contributed by atoms with E-state index in [1.807, 2.05) is 36.4 Å². The first-order valence-corrected chi connectivity index (χ1v) is 6.75. The van der Waals surface area contributed by atoms with E-state index in [-0.39, 0.29) is 0 Å². The summed E-state index contributed by atoms with van der Waals surface area (Å²) in [6, 6.07) is 11.1. The second kappa shape index (κ2) is 4.23. The lowest BCUT2D eigenvalue weighted by Gasteiger charge is -1.93. The van der Waals surface area contributed by atoms with Crippen LogP contribution in [0.1, 0.15) is 0 Å². The van der Waals surface area contributed by atoms with Gasteiger partial charge in [-0.3, -0.25) is 5.10 Å². The second-order valence-electron chi connectivity index (χ2n) is 4.51. The van der Waals surface area contributed by atoms with E-state index in [9.17, 15) is 0 Å². The summed E-state index contributed by atoms with van der Waals surface area (Å²) in [6.07, 6.45) is 0. The van der Waals surface area contributed by atoms with Crippen molar-refractivity contribution in [2.45, 2.75) is 0 Å². The molecule has 2 aromatic heterocycles. The molecule has 2 heterocycles. The molecular weight excluding hydrogens is 295 g/mol. The molecule has 0 atom stereocenters. The molecule has 0 amide bonds. The number of hydrogen-bond acceptors (Lipinski definition) is 2. The summed E-state index contributed by atoms with van der Waals surface area (Å²) in [5, 5.41) is 9.56. The van der Waals surface area contributed by atoms with Gasteiger partial charge in [0.25, 0.3) is 0 Å². The molecule has 0 saturated carbocycles. The van der Waals surface area contributed by atoms with Crippen molar-refractivity contribution in [1.82, 2.24) is 20.2 Å². The largest absolute Gasteiger partial charge is 0.337 e. The molecule has 0 bridgehead atoms. The first-order valence-electron chi connectivity index (χ1n) is 6.00. The summed E-state index contributed by atoms with van der Waals surface area (Å²) in [5.41, 5.74) is 3.39. The number of benzene rings is 2. The summed E-state index contributed by atoms with van der Waals surface area (Å²) in [7, 11) is 0. The van der Waals surface area contributed by atoms with Gasteiger partial charge in [-0.1, -0.05) is 23.2 Å². The minimum absolute atomic E-state index is 0.666. The van der Waals surface area contributed by atoms with Gasteiger partial charge in [-0.2, -0.15) is 5.10 Å². The molecule has 2 N–H and O–H groups in total. The zero-order valence-electron chi connectivity index (χ0n) is 10.1. The van der Waals surface area contributed by atoms with Crippen LogP contribution in [-0.4, -0.2) is 20.2 Å². The number of nitrogens with one attached hydrogen (secondary N) is 2. The third-order valence-corrected chi connectivity index (χ3v) is 3.66. The predicted octanol–water partition coefficient (Wildman–Crippen LogP) is 4.41. The number of H-pyrrole nitrogens is 2. The van der Waals surface area contributed by atoms with E-state index in [4.69, 9.17) is 23.2 Å². The number of aromatic amines is 2. The summed E-state index contributed by atoms with van der Waals surface area (Å²) < 4.78 is 0. The SMILES string of the molecule is Clc1ccc2nc(-c3n[nH]c4ccc(Cl)cc34)[nH]c2c1. The highest BCUT2D eigenvalue weighted by molar-refractivity contribution is 6.31. The van der Waals surface area contributed by atoms with Gasteiger partial charge in [-0.25, -0.2) is 4.98 Å². The molecule has 0 saturated heterocycles. The first-order chi connectivity index (χ1) is 9.70. The van der Waals surface area contributed by atoms with Crippen molar-refractivity contribution in [3.8, 4) is 11.5 Å². The monoisotopic (exact) mass is 302 g/mol. The van der Waals surface area contributed by atoms with Crippen LogP contribution in [0.25, 0.3) is 33.5 Å². The summed E-state index contributed by atoms with van der Waals surface area (Å²) in [6.45, 7) is 0. The molecule has 98 valence electrons. The minimum atomic E-state index is 0.666. The molecule has 4 aromatic rings. The van der Waals surface area contributed by atoms with Crippen LogP contribution in [0, 0.1) is 0 Å². The summed E-state index contributed by atoms with van der Waals surface area (Å²) >= 11 is 12.0. The minimum Gasteiger partial charge on any atom is -0.337 e. The van der Waals surface area contributed by atoms with Crippen LogP contribution in [-0.2, 0) is 0 Å². The smallest absolute Gasteiger partial charge is 0.159 e. The molecule has 0 unspecified atom stereocenters. The number of halogens is 2. The summed E-state index contributed by atoms with van der Waals surface area (Å²) in [4.78, 5) is 7.77. The van der Waals surface area contributed by atoms with E-state index in [1.165, 1.54) is 0 Å². The van der Waals surface area contributed by atoms with Gasteiger partial charge >= 0.3 is 0 Å². The van der Waals surface area contributed by atoms with E-state index in [0.29, 0.717) is 15.9 Å². The first kappa shape index (κ1) is 11.8. The average Bonchev–Trinajstić information content (AvgIpc) is 3.00. The molecule has 2 aromatic carbocycles. The fourth-order valence-corrected chi connectivity index (χ4v) is 2.60. The van der Waals surface area contributed by atoms with Crippen LogP contribution >= 0.6 is 23.2 Å².